The van der Waals surface area contributed by atoms with Crippen LogP contribution in [0.2, 0.25) is 0 Å². The average molecular weight is 243 g/mol. The van der Waals surface area contributed by atoms with Gasteiger partial charge < -0.3 is 10.5 Å². The van der Waals surface area contributed by atoms with Gasteiger partial charge >= 0.3 is 0 Å². The van der Waals surface area contributed by atoms with Gasteiger partial charge in [-0.25, -0.2) is 4.39 Å². The van der Waals surface area contributed by atoms with E-state index < -0.39 is 0 Å². The molecule has 1 aromatic rings. The molecule has 0 radical (unpaired) electrons. The normalized spacial score (nSPS) is 12.9. The highest BCUT2D eigenvalue weighted by atomic mass is 32.2. The van der Waals surface area contributed by atoms with Gasteiger partial charge in [0, 0.05) is 17.4 Å². The molecule has 0 aliphatic carbocycles. The smallest absolute Gasteiger partial charge is 0.169 e. The molecule has 0 heterocycles. The third-order valence-electron chi connectivity index (χ3n) is 2.22. The molecule has 0 saturated carbocycles. The molecule has 0 aliphatic rings. The number of ether oxygens (including phenoxy) is 1. The number of rotatable bonds is 5. The van der Waals surface area contributed by atoms with Crippen LogP contribution in [0.4, 0.5) is 4.39 Å². The van der Waals surface area contributed by atoms with Crippen molar-refractivity contribution >= 4 is 11.8 Å². The molecule has 0 spiro atoms. The summed E-state index contributed by atoms with van der Waals surface area (Å²) in [5.74, 6) is 0.617. The van der Waals surface area contributed by atoms with Crippen molar-refractivity contribution in [2.75, 3.05) is 12.9 Å². The number of hydrogen-bond acceptors (Lipinski definition) is 3. The van der Waals surface area contributed by atoms with Crippen LogP contribution in [-0.4, -0.2) is 18.1 Å². The molecular formula is C12H18FNOS. The lowest BCUT2D eigenvalue weighted by Gasteiger charge is -2.15. The minimum atomic E-state index is -0.346. The maximum absolute atomic E-state index is 13.8. The maximum atomic E-state index is 13.8. The molecule has 1 atom stereocenters. The summed E-state index contributed by atoms with van der Waals surface area (Å²) >= 11 is 1.72. The van der Waals surface area contributed by atoms with Crippen LogP contribution < -0.4 is 10.5 Å². The Balaban J connectivity index is 2.78. The zero-order chi connectivity index (χ0) is 12.1. The van der Waals surface area contributed by atoms with Gasteiger partial charge in [-0.3, -0.25) is 0 Å². The number of nitrogens with two attached hydrogens (primary N) is 1. The number of hydrogen-bond donors (Lipinski definition) is 1. The Kier molecular flexibility index (Phi) is 5.09. The first-order valence-corrected chi connectivity index (χ1v) is 6.30. The van der Waals surface area contributed by atoms with Gasteiger partial charge in [0.1, 0.15) is 0 Å². The van der Waals surface area contributed by atoms with Gasteiger partial charge in [0.2, 0.25) is 0 Å². The molecule has 1 rings (SSSR count). The van der Waals surface area contributed by atoms with Crippen molar-refractivity contribution in [1.29, 1.82) is 0 Å². The summed E-state index contributed by atoms with van der Waals surface area (Å²) in [7, 11) is 1.45. The second-order valence-corrected chi connectivity index (χ2v) is 5.46. The lowest BCUT2D eigenvalue weighted by Crippen LogP contribution is -2.16. The zero-order valence-corrected chi connectivity index (χ0v) is 10.7. The van der Waals surface area contributed by atoms with Crippen molar-refractivity contribution in [3.05, 3.63) is 29.6 Å². The van der Waals surface area contributed by atoms with Crippen molar-refractivity contribution in [3.8, 4) is 5.75 Å². The van der Waals surface area contributed by atoms with Gasteiger partial charge in [0.05, 0.1) is 7.11 Å². The van der Waals surface area contributed by atoms with Crippen molar-refractivity contribution in [1.82, 2.24) is 0 Å². The van der Waals surface area contributed by atoms with Crippen LogP contribution in [-0.2, 0) is 0 Å². The monoisotopic (exact) mass is 243 g/mol. The summed E-state index contributed by atoms with van der Waals surface area (Å²) in [5, 5.41) is 0.500. The summed E-state index contributed by atoms with van der Waals surface area (Å²) in [5.41, 5.74) is 6.47. The van der Waals surface area contributed by atoms with Crippen molar-refractivity contribution < 1.29 is 9.13 Å². The SMILES string of the molecule is COc1cccc(C(N)CSC(C)C)c1F. The van der Waals surface area contributed by atoms with Crippen molar-refractivity contribution in [3.63, 3.8) is 0 Å². The van der Waals surface area contributed by atoms with Crippen LogP contribution >= 0.6 is 11.8 Å². The first-order valence-electron chi connectivity index (χ1n) is 5.25. The van der Waals surface area contributed by atoms with Crippen LogP contribution in [0.3, 0.4) is 0 Å². The lowest BCUT2D eigenvalue weighted by atomic mass is 10.1. The number of methoxy groups -OCH3 is 1. The highest BCUT2D eigenvalue weighted by Gasteiger charge is 2.15. The van der Waals surface area contributed by atoms with Crippen molar-refractivity contribution in [2.45, 2.75) is 25.1 Å². The van der Waals surface area contributed by atoms with Gasteiger partial charge in [-0.2, -0.15) is 11.8 Å². The molecule has 0 saturated heterocycles. The quantitative estimate of drug-likeness (QED) is 0.863. The summed E-state index contributed by atoms with van der Waals surface area (Å²) < 4.78 is 18.8. The van der Waals surface area contributed by atoms with E-state index in [0.717, 1.165) is 0 Å². The predicted octanol–water partition coefficient (Wildman–Crippen LogP) is 2.98. The largest absolute Gasteiger partial charge is 0.494 e. The standard InChI is InChI=1S/C12H18FNOS/c1-8(2)16-7-10(14)9-5-4-6-11(15-3)12(9)13/h4-6,8,10H,7,14H2,1-3H3. The van der Waals surface area contributed by atoms with Gasteiger partial charge in [0.25, 0.3) is 0 Å². The van der Waals surface area contributed by atoms with E-state index in [9.17, 15) is 4.39 Å². The maximum Gasteiger partial charge on any atom is 0.169 e. The minimum absolute atomic E-state index is 0.252. The molecule has 16 heavy (non-hydrogen) atoms. The molecule has 2 N–H and O–H groups in total. The molecular weight excluding hydrogens is 225 g/mol. The number of thioether (sulfide) groups is 1. The third kappa shape index (κ3) is 3.39. The zero-order valence-electron chi connectivity index (χ0n) is 9.87. The Morgan fingerprint density at radius 2 is 2.12 bits per heavy atom. The molecule has 4 heteroatoms. The predicted molar refractivity (Wildman–Crippen MR) is 67.5 cm³/mol. The summed E-state index contributed by atoms with van der Waals surface area (Å²) in [6, 6.07) is 4.78. The lowest BCUT2D eigenvalue weighted by molar-refractivity contribution is 0.383. The number of benzene rings is 1. The minimum Gasteiger partial charge on any atom is -0.494 e. The van der Waals surface area contributed by atoms with Crippen LogP contribution in [0, 0.1) is 5.82 Å². The second-order valence-electron chi connectivity index (χ2n) is 3.85. The summed E-state index contributed by atoms with van der Waals surface area (Å²) in [6.07, 6.45) is 0. The molecule has 0 aromatic heterocycles. The Morgan fingerprint density at radius 3 is 2.69 bits per heavy atom. The summed E-state index contributed by atoms with van der Waals surface area (Å²) in [6.45, 7) is 4.19. The van der Waals surface area contributed by atoms with Gasteiger partial charge in [-0.05, 0) is 11.3 Å². The molecule has 1 unspecified atom stereocenters. The van der Waals surface area contributed by atoms with E-state index in [4.69, 9.17) is 10.5 Å². The molecule has 2 nitrogen and oxygen atoms in total. The van der Waals surface area contributed by atoms with E-state index >= 15 is 0 Å². The van der Waals surface area contributed by atoms with Crippen LogP contribution in [0.1, 0.15) is 25.5 Å². The van der Waals surface area contributed by atoms with E-state index in [0.29, 0.717) is 16.6 Å². The van der Waals surface area contributed by atoms with Crippen LogP contribution in [0.5, 0.6) is 5.75 Å². The fourth-order valence-corrected chi connectivity index (χ4v) is 2.13. The van der Waals surface area contributed by atoms with Crippen molar-refractivity contribution in [2.24, 2.45) is 5.73 Å². The van der Waals surface area contributed by atoms with E-state index in [1.807, 2.05) is 0 Å². The average Bonchev–Trinajstić information content (AvgIpc) is 2.26. The fraction of sp³-hybridized carbons (Fsp3) is 0.500. The molecule has 90 valence electrons. The molecule has 1 aromatic carbocycles. The van der Waals surface area contributed by atoms with Gasteiger partial charge in [0.15, 0.2) is 11.6 Å². The van der Waals surface area contributed by atoms with Crippen LogP contribution in [0.25, 0.3) is 0 Å². The molecule has 0 aliphatic heterocycles. The van der Waals surface area contributed by atoms with Gasteiger partial charge in [-0.15, -0.1) is 0 Å². The Labute approximate surface area is 100 Å². The van der Waals surface area contributed by atoms with Crippen LogP contribution in [0.15, 0.2) is 18.2 Å². The van der Waals surface area contributed by atoms with E-state index in [1.54, 1.807) is 30.0 Å². The second kappa shape index (κ2) is 6.11. The summed E-state index contributed by atoms with van der Waals surface area (Å²) in [4.78, 5) is 0. The highest BCUT2D eigenvalue weighted by molar-refractivity contribution is 7.99. The Hall–Kier alpha value is -0.740. The molecule has 0 bridgehead atoms. The van der Waals surface area contributed by atoms with E-state index in [-0.39, 0.29) is 17.6 Å². The first kappa shape index (κ1) is 13.3. The highest BCUT2D eigenvalue weighted by Crippen LogP contribution is 2.26. The van der Waals surface area contributed by atoms with Gasteiger partial charge in [-0.1, -0.05) is 26.0 Å². The molecule has 0 fully saturated rings. The Bertz CT molecular complexity index is 344. The first-order chi connectivity index (χ1) is 7.56. The van der Waals surface area contributed by atoms with E-state index in [1.165, 1.54) is 7.11 Å². The fourth-order valence-electron chi connectivity index (χ4n) is 1.36. The third-order valence-corrected chi connectivity index (χ3v) is 3.44. The topological polar surface area (TPSA) is 35.2 Å². The number of halogens is 1. The van der Waals surface area contributed by atoms with E-state index in [2.05, 4.69) is 13.8 Å². The molecule has 0 amide bonds. The Morgan fingerprint density at radius 1 is 1.44 bits per heavy atom.